The molecule has 0 saturated heterocycles. The van der Waals surface area contributed by atoms with E-state index in [0.29, 0.717) is 32.5 Å². The van der Waals surface area contributed by atoms with E-state index in [4.69, 9.17) is 52.1 Å². The number of aryl methyl sites for hydroxylation is 1. The lowest BCUT2D eigenvalue weighted by molar-refractivity contribution is -0.117. The number of carbonyl (C=O) groups excluding carboxylic acids is 2. The number of anilines is 2. The minimum atomic E-state index is -1.28. The smallest absolute Gasteiger partial charge is 0.231 e. The van der Waals surface area contributed by atoms with Crippen molar-refractivity contribution < 1.29 is 9.59 Å². The van der Waals surface area contributed by atoms with E-state index in [2.05, 4.69) is 5.32 Å². The number of Topliss-reactive ketones (excluding diaryl/α,β-unsaturated/α-hetero) is 1. The molecular weight excluding hydrogens is 502 g/mol. The summed E-state index contributed by atoms with van der Waals surface area (Å²) < 4.78 is -1.28. The van der Waals surface area contributed by atoms with Crippen molar-refractivity contribution in [2.45, 2.75) is 23.6 Å². The van der Waals surface area contributed by atoms with Gasteiger partial charge in [0.1, 0.15) is 4.33 Å². The van der Waals surface area contributed by atoms with Crippen LogP contribution in [0.5, 0.6) is 0 Å². The molecule has 170 valence electrons. The van der Waals surface area contributed by atoms with E-state index < -0.39 is 16.2 Å². The van der Waals surface area contributed by atoms with E-state index >= 15 is 0 Å². The van der Waals surface area contributed by atoms with Crippen molar-refractivity contribution in [1.29, 1.82) is 0 Å². The summed E-state index contributed by atoms with van der Waals surface area (Å²) >= 11 is 25.0. The van der Waals surface area contributed by atoms with Crippen molar-refractivity contribution in [2.75, 3.05) is 11.1 Å². The van der Waals surface area contributed by atoms with Crippen molar-refractivity contribution in [3.63, 3.8) is 0 Å². The highest BCUT2D eigenvalue weighted by molar-refractivity contribution is 6.53. The summed E-state index contributed by atoms with van der Waals surface area (Å²) in [6.45, 7) is 1.92. The van der Waals surface area contributed by atoms with Gasteiger partial charge in [0.15, 0.2) is 5.78 Å². The number of nitrogen functional groups attached to an aromatic ring is 1. The summed E-state index contributed by atoms with van der Waals surface area (Å²) in [6.07, 6.45) is 0.232. The largest absolute Gasteiger partial charge is 0.399 e. The summed E-state index contributed by atoms with van der Waals surface area (Å²) in [7, 11) is 0. The molecule has 4 rings (SSSR count). The molecule has 2 atom stereocenters. The predicted octanol–water partition coefficient (Wildman–Crippen LogP) is 6.84. The number of nitrogens with one attached hydrogen (secondary N) is 1. The van der Waals surface area contributed by atoms with Crippen LogP contribution in [0.3, 0.4) is 0 Å². The van der Waals surface area contributed by atoms with Gasteiger partial charge in [-0.15, -0.1) is 23.2 Å². The van der Waals surface area contributed by atoms with Crippen LogP contribution in [0, 0.1) is 12.8 Å². The second kappa shape index (κ2) is 9.19. The van der Waals surface area contributed by atoms with E-state index in [1.165, 1.54) is 0 Å². The van der Waals surface area contributed by atoms with Crippen LogP contribution in [0.4, 0.5) is 11.4 Å². The molecule has 1 aliphatic carbocycles. The van der Waals surface area contributed by atoms with Gasteiger partial charge in [0.05, 0.1) is 5.92 Å². The Kier molecular flexibility index (Phi) is 6.66. The molecule has 0 aliphatic heterocycles. The van der Waals surface area contributed by atoms with Gasteiger partial charge in [-0.3, -0.25) is 9.59 Å². The fraction of sp³-hybridized carbons (Fsp3) is 0.200. The van der Waals surface area contributed by atoms with Gasteiger partial charge in [0.2, 0.25) is 5.91 Å². The van der Waals surface area contributed by atoms with Gasteiger partial charge in [-0.1, -0.05) is 41.4 Å². The van der Waals surface area contributed by atoms with Gasteiger partial charge in [-0.2, -0.15) is 0 Å². The van der Waals surface area contributed by atoms with Crippen LogP contribution in [0.25, 0.3) is 0 Å². The highest BCUT2D eigenvalue weighted by atomic mass is 35.5. The Morgan fingerprint density at radius 2 is 1.70 bits per heavy atom. The van der Waals surface area contributed by atoms with Crippen molar-refractivity contribution in [3.05, 3.63) is 93.0 Å². The highest BCUT2D eigenvalue weighted by Gasteiger charge is 2.67. The SMILES string of the molecule is Cc1cc(N)ccc1CC(=O)c1cccc(NC(=O)C2C(c3cc(Cl)cc(Cl)c3)C2(Cl)Cl)c1. The van der Waals surface area contributed by atoms with Crippen molar-refractivity contribution in [3.8, 4) is 0 Å². The normalized spacial score (nSPS) is 18.6. The van der Waals surface area contributed by atoms with Crippen LogP contribution < -0.4 is 11.1 Å². The Bertz CT molecular complexity index is 1240. The third kappa shape index (κ3) is 5.15. The number of halogens is 4. The zero-order valence-electron chi connectivity index (χ0n) is 17.5. The van der Waals surface area contributed by atoms with Crippen LogP contribution in [0.2, 0.25) is 10.0 Å². The van der Waals surface area contributed by atoms with Crippen LogP contribution in [0.15, 0.2) is 60.7 Å². The molecule has 0 spiro atoms. The van der Waals surface area contributed by atoms with Gasteiger partial charge in [-0.05, 0) is 66.1 Å². The molecule has 2 unspecified atom stereocenters. The van der Waals surface area contributed by atoms with Gasteiger partial charge >= 0.3 is 0 Å². The van der Waals surface area contributed by atoms with Crippen molar-refractivity contribution >= 4 is 69.5 Å². The Morgan fingerprint density at radius 3 is 2.36 bits per heavy atom. The van der Waals surface area contributed by atoms with E-state index in [1.807, 2.05) is 19.1 Å². The summed E-state index contributed by atoms with van der Waals surface area (Å²) in [5, 5.41) is 3.70. The third-order valence-corrected chi connectivity index (χ3v) is 7.13. The number of hydrogen-bond donors (Lipinski definition) is 2. The van der Waals surface area contributed by atoms with E-state index in [-0.39, 0.29) is 18.1 Å². The fourth-order valence-corrected chi connectivity index (χ4v) is 5.38. The first kappa shape index (κ1) is 23.9. The van der Waals surface area contributed by atoms with Gasteiger partial charge in [0, 0.05) is 39.3 Å². The topological polar surface area (TPSA) is 72.2 Å². The molecule has 0 heterocycles. The molecule has 0 radical (unpaired) electrons. The number of hydrogen-bond acceptors (Lipinski definition) is 3. The Morgan fingerprint density at radius 1 is 1.00 bits per heavy atom. The maximum absolute atomic E-state index is 12.9. The minimum Gasteiger partial charge on any atom is -0.399 e. The monoisotopic (exact) mass is 520 g/mol. The lowest BCUT2D eigenvalue weighted by atomic mass is 9.99. The van der Waals surface area contributed by atoms with E-state index in [1.54, 1.807) is 48.5 Å². The Balaban J connectivity index is 1.48. The summed E-state index contributed by atoms with van der Waals surface area (Å²) in [6, 6.07) is 17.2. The maximum atomic E-state index is 12.9. The first-order chi connectivity index (χ1) is 15.6. The molecule has 3 N–H and O–H groups in total. The predicted molar refractivity (Wildman–Crippen MR) is 136 cm³/mol. The zero-order chi connectivity index (χ0) is 23.9. The first-order valence-electron chi connectivity index (χ1n) is 10.2. The molecule has 8 heteroatoms. The summed E-state index contributed by atoms with van der Waals surface area (Å²) in [5.74, 6) is -1.55. The molecule has 4 nitrogen and oxygen atoms in total. The molecule has 0 bridgehead atoms. The van der Waals surface area contributed by atoms with Gasteiger partial charge in [-0.25, -0.2) is 0 Å². The quantitative estimate of drug-likeness (QED) is 0.212. The standard InChI is InChI=1S/C25H20Cl4N2O2/c1-13-7-19(30)6-5-14(13)11-21(32)15-3-2-4-20(10-15)31-24(33)23-22(25(23,28)29)16-8-17(26)12-18(27)9-16/h2-10,12,22-23H,11,30H2,1H3,(H,31,33). The summed E-state index contributed by atoms with van der Waals surface area (Å²) in [4.78, 5) is 25.8. The maximum Gasteiger partial charge on any atom is 0.231 e. The summed E-state index contributed by atoms with van der Waals surface area (Å²) in [5.41, 5.74) is 9.96. The lowest BCUT2D eigenvalue weighted by Gasteiger charge is -2.09. The van der Waals surface area contributed by atoms with Crippen LogP contribution in [-0.4, -0.2) is 16.0 Å². The average Bonchev–Trinajstić information content (AvgIpc) is 3.31. The van der Waals surface area contributed by atoms with Crippen LogP contribution >= 0.6 is 46.4 Å². The Hall–Kier alpha value is -2.24. The van der Waals surface area contributed by atoms with Crippen LogP contribution in [0.1, 0.15) is 33.0 Å². The highest BCUT2D eigenvalue weighted by Crippen LogP contribution is 2.65. The molecule has 0 aromatic heterocycles. The number of carbonyl (C=O) groups is 2. The van der Waals surface area contributed by atoms with Gasteiger partial charge in [0.25, 0.3) is 0 Å². The second-order valence-corrected chi connectivity index (χ2v) is 10.5. The lowest BCUT2D eigenvalue weighted by Crippen LogP contribution is -2.17. The fourth-order valence-electron chi connectivity index (χ4n) is 4.01. The molecule has 33 heavy (non-hydrogen) atoms. The molecule has 1 fully saturated rings. The number of ketones is 1. The number of nitrogens with two attached hydrogens (primary N) is 1. The average molecular weight is 522 g/mol. The first-order valence-corrected chi connectivity index (χ1v) is 11.7. The molecule has 1 aliphatic rings. The minimum absolute atomic E-state index is 0.0686. The Labute approximate surface area is 212 Å². The van der Waals surface area contributed by atoms with E-state index in [9.17, 15) is 9.59 Å². The number of alkyl halides is 2. The van der Waals surface area contributed by atoms with Crippen LogP contribution in [-0.2, 0) is 11.2 Å². The molecule has 1 amide bonds. The van der Waals surface area contributed by atoms with Crippen molar-refractivity contribution in [1.82, 2.24) is 0 Å². The second-order valence-electron chi connectivity index (χ2n) is 8.19. The number of benzene rings is 3. The van der Waals surface area contributed by atoms with Crippen molar-refractivity contribution in [2.24, 2.45) is 5.92 Å². The molecular formula is C25H20Cl4N2O2. The molecule has 3 aromatic carbocycles. The number of rotatable bonds is 6. The van der Waals surface area contributed by atoms with E-state index in [0.717, 1.165) is 11.1 Å². The third-order valence-electron chi connectivity index (χ3n) is 5.75. The zero-order valence-corrected chi connectivity index (χ0v) is 20.6. The van der Waals surface area contributed by atoms with Gasteiger partial charge < -0.3 is 11.1 Å². The molecule has 3 aromatic rings. The molecule has 1 saturated carbocycles. The number of amides is 1.